The number of nitro benzene ring substituents is 2. The zero-order valence-electron chi connectivity index (χ0n) is 10.4. The van der Waals surface area contributed by atoms with Gasteiger partial charge in [0, 0.05) is 19.5 Å². The van der Waals surface area contributed by atoms with E-state index >= 15 is 0 Å². The Kier molecular flexibility index (Phi) is 3.04. The maximum Gasteiger partial charge on any atom is 0.300 e. The first kappa shape index (κ1) is 12.7. The van der Waals surface area contributed by atoms with Crippen LogP contribution in [-0.4, -0.2) is 23.9 Å². The molecule has 7 heteroatoms. The van der Waals surface area contributed by atoms with E-state index in [-0.39, 0.29) is 11.4 Å². The van der Waals surface area contributed by atoms with Crippen molar-refractivity contribution in [3.05, 3.63) is 50.6 Å². The van der Waals surface area contributed by atoms with E-state index in [2.05, 4.69) is 0 Å². The second-order valence-corrected chi connectivity index (χ2v) is 4.22. The summed E-state index contributed by atoms with van der Waals surface area (Å²) in [5.41, 5.74) is -0.158. The third-order valence-corrected chi connectivity index (χ3v) is 2.81. The van der Waals surface area contributed by atoms with Crippen molar-refractivity contribution in [2.75, 3.05) is 19.0 Å². The topological polar surface area (TPSA) is 89.5 Å². The van der Waals surface area contributed by atoms with Gasteiger partial charge in [-0.1, -0.05) is 18.2 Å². The Morgan fingerprint density at radius 2 is 1.47 bits per heavy atom. The molecule has 0 atom stereocenters. The van der Waals surface area contributed by atoms with Gasteiger partial charge >= 0.3 is 0 Å². The van der Waals surface area contributed by atoms with Crippen molar-refractivity contribution in [1.82, 2.24) is 0 Å². The molecular weight excluding hydrogens is 250 g/mol. The monoisotopic (exact) mass is 261 g/mol. The van der Waals surface area contributed by atoms with E-state index in [9.17, 15) is 20.2 Å². The minimum atomic E-state index is -0.602. The van der Waals surface area contributed by atoms with Crippen molar-refractivity contribution in [2.24, 2.45) is 0 Å². The predicted molar refractivity (Wildman–Crippen MR) is 71.6 cm³/mol. The Morgan fingerprint density at radius 1 is 0.947 bits per heavy atom. The van der Waals surface area contributed by atoms with Crippen LogP contribution in [0.25, 0.3) is 10.8 Å². The Bertz CT molecular complexity index is 682. The van der Waals surface area contributed by atoms with E-state index in [0.29, 0.717) is 16.5 Å². The molecule has 19 heavy (non-hydrogen) atoms. The van der Waals surface area contributed by atoms with E-state index in [1.807, 2.05) is 0 Å². The largest absolute Gasteiger partial charge is 0.372 e. The fraction of sp³-hybridized carbons (Fsp3) is 0.167. The van der Waals surface area contributed by atoms with E-state index in [4.69, 9.17) is 0 Å². The first-order chi connectivity index (χ1) is 8.93. The maximum atomic E-state index is 11.1. The van der Waals surface area contributed by atoms with E-state index in [0.717, 1.165) is 6.07 Å². The number of hydrogen-bond acceptors (Lipinski definition) is 5. The zero-order valence-corrected chi connectivity index (χ0v) is 10.4. The normalized spacial score (nSPS) is 10.4. The zero-order chi connectivity index (χ0) is 14.2. The second kappa shape index (κ2) is 4.52. The van der Waals surface area contributed by atoms with Crippen LogP contribution in [0.2, 0.25) is 0 Å². The summed E-state index contributed by atoms with van der Waals surface area (Å²) in [5.74, 6) is 0. The fourth-order valence-corrected chi connectivity index (χ4v) is 2.09. The van der Waals surface area contributed by atoms with Crippen molar-refractivity contribution in [1.29, 1.82) is 0 Å². The lowest BCUT2D eigenvalue weighted by Gasteiger charge is -2.15. The van der Waals surface area contributed by atoms with Crippen LogP contribution in [-0.2, 0) is 0 Å². The van der Waals surface area contributed by atoms with Crippen molar-refractivity contribution in [3.63, 3.8) is 0 Å². The Balaban J connectivity index is 2.98. The number of nitro groups is 2. The summed E-state index contributed by atoms with van der Waals surface area (Å²) in [4.78, 5) is 22.5. The van der Waals surface area contributed by atoms with Crippen molar-refractivity contribution in [2.45, 2.75) is 0 Å². The summed E-state index contributed by atoms with van der Waals surface area (Å²) in [5, 5.41) is 23.0. The number of fused-ring (bicyclic) bond motifs is 1. The lowest BCUT2D eigenvalue weighted by atomic mass is 10.0. The molecule has 0 aromatic heterocycles. The lowest BCUT2D eigenvalue weighted by molar-refractivity contribution is -0.392. The van der Waals surface area contributed by atoms with E-state index in [1.54, 1.807) is 43.3 Å². The minimum absolute atomic E-state index is 0.257. The van der Waals surface area contributed by atoms with Crippen LogP contribution in [0.15, 0.2) is 30.3 Å². The number of hydrogen-bond donors (Lipinski definition) is 0. The number of benzene rings is 2. The van der Waals surface area contributed by atoms with Crippen LogP contribution >= 0.6 is 0 Å². The summed E-state index contributed by atoms with van der Waals surface area (Å²) in [6, 6.07) is 7.61. The Labute approximate surface area is 108 Å². The smallest absolute Gasteiger partial charge is 0.300 e. The Morgan fingerprint density at radius 3 is 1.95 bits per heavy atom. The van der Waals surface area contributed by atoms with Gasteiger partial charge in [-0.05, 0) is 6.07 Å². The van der Waals surface area contributed by atoms with Gasteiger partial charge in [0.05, 0.1) is 21.3 Å². The number of nitrogens with zero attached hydrogens (tertiary/aromatic N) is 3. The minimum Gasteiger partial charge on any atom is -0.372 e. The third kappa shape index (κ3) is 2.05. The average Bonchev–Trinajstić information content (AvgIpc) is 2.35. The molecule has 7 nitrogen and oxygen atoms in total. The average molecular weight is 261 g/mol. The summed E-state index contributed by atoms with van der Waals surface area (Å²) in [7, 11) is 3.33. The van der Waals surface area contributed by atoms with Crippen molar-refractivity contribution < 1.29 is 9.85 Å². The highest BCUT2D eigenvalue weighted by Crippen LogP contribution is 2.40. The molecule has 0 saturated carbocycles. The molecule has 0 radical (unpaired) electrons. The molecule has 0 saturated heterocycles. The maximum absolute atomic E-state index is 11.1. The highest BCUT2D eigenvalue weighted by molar-refractivity contribution is 6.04. The molecule has 98 valence electrons. The summed E-state index contributed by atoms with van der Waals surface area (Å²) in [6.07, 6.45) is 0. The van der Waals surface area contributed by atoms with Crippen LogP contribution in [0.5, 0.6) is 0 Å². The second-order valence-electron chi connectivity index (χ2n) is 4.22. The molecule has 0 aliphatic heterocycles. The molecule has 2 rings (SSSR count). The lowest BCUT2D eigenvalue weighted by Crippen LogP contribution is -2.12. The van der Waals surface area contributed by atoms with Gasteiger partial charge in [0.2, 0.25) is 0 Å². The molecule has 0 N–H and O–H groups in total. The molecule has 0 aliphatic rings. The van der Waals surface area contributed by atoms with Crippen LogP contribution in [0.1, 0.15) is 0 Å². The molecule has 0 spiro atoms. The quantitative estimate of drug-likeness (QED) is 0.626. The molecule has 2 aromatic rings. The highest BCUT2D eigenvalue weighted by atomic mass is 16.6. The number of non-ortho nitro benzene ring substituents is 1. The summed E-state index contributed by atoms with van der Waals surface area (Å²) >= 11 is 0. The predicted octanol–water partition coefficient (Wildman–Crippen LogP) is 2.72. The van der Waals surface area contributed by atoms with Crippen LogP contribution in [0, 0.1) is 20.2 Å². The van der Waals surface area contributed by atoms with Gasteiger partial charge in [0.25, 0.3) is 11.4 Å². The summed E-state index contributed by atoms with van der Waals surface area (Å²) in [6.45, 7) is 0. The first-order valence-electron chi connectivity index (χ1n) is 5.45. The van der Waals surface area contributed by atoms with Crippen LogP contribution in [0.3, 0.4) is 0 Å². The highest BCUT2D eigenvalue weighted by Gasteiger charge is 2.26. The van der Waals surface area contributed by atoms with Crippen molar-refractivity contribution >= 4 is 27.8 Å². The van der Waals surface area contributed by atoms with Gasteiger partial charge in [-0.3, -0.25) is 20.2 Å². The van der Waals surface area contributed by atoms with Gasteiger partial charge in [-0.15, -0.1) is 0 Å². The number of anilines is 1. The van der Waals surface area contributed by atoms with E-state index < -0.39 is 9.85 Å². The van der Waals surface area contributed by atoms with Crippen LogP contribution < -0.4 is 4.90 Å². The summed E-state index contributed by atoms with van der Waals surface area (Å²) < 4.78 is 0. The molecule has 2 aromatic carbocycles. The van der Waals surface area contributed by atoms with Crippen molar-refractivity contribution in [3.8, 4) is 0 Å². The first-order valence-corrected chi connectivity index (χ1v) is 5.45. The number of rotatable bonds is 3. The Hall–Kier alpha value is -2.70. The fourth-order valence-electron chi connectivity index (χ4n) is 2.09. The van der Waals surface area contributed by atoms with Gasteiger partial charge in [-0.2, -0.15) is 0 Å². The molecular formula is C12H11N3O4. The van der Waals surface area contributed by atoms with Gasteiger partial charge in [-0.25, -0.2) is 0 Å². The van der Waals surface area contributed by atoms with Gasteiger partial charge < -0.3 is 4.90 Å². The standard InChI is InChI=1S/C12H11N3O4/c1-13(2)12-9-6-4-3-5-8(9)10(14(16)17)7-11(12)15(18)19/h3-7H,1-2H3. The molecule has 0 aliphatic carbocycles. The van der Waals surface area contributed by atoms with Gasteiger partial charge in [0.1, 0.15) is 5.69 Å². The van der Waals surface area contributed by atoms with Gasteiger partial charge in [0.15, 0.2) is 0 Å². The molecule has 0 unspecified atom stereocenters. The molecule has 0 fully saturated rings. The molecule has 0 heterocycles. The molecule has 0 bridgehead atoms. The SMILES string of the molecule is CN(C)c1c([N+](=O)[O-])cc([N+](=O)[O-])c2ccccc12. The third-order valence-electron chi connectivity index (χ3n) is 2.81. The van der Waals surface area contributed by atoms with Crippen LogP contribution in [0.4, 0.5) is 17.1 Å². The molecule has 0 amide bonds. The van der Waals surface area contributed by atoms with E-state index in [1.165, 1.54) is 0 Å².